The zero-order chi connectivity index (χ0) is 22.9. The van der Waals surface area contributed by atoms with Crippen molar-refractivity contribution in [2.75, 3.05) is 6.61 Å². The van der Waals surface area contributed by atoms with E-state index in [-0.39, 0.29) is 28.5 Å². The van der Waals surface area contributed by atoms with E-state index >= 15 is 0 Å². The van der Waals surface area contributed by atoms with Gasteiger partial charge in [0.05, 0.1) is 32.6 Å². The van der Waals surface area contributed by atoms with Gasteiger partial charge >= 0.3 is 0 Å². The van der Waals surface area contributed by atoms with E-state index in [0.29, 0.717) is 17.1 Å². The van der Waals surface area contributed by atoms with Gasteiger partial charge < -0.3 is 10.1 Å². The van der Waals surface area contributed by atoms with E-state index in [0.717, 1.165) is 46.0 Å². The van der Waals surface area contributed by atoms with E-state index in [2.05, 4.69) is 15.6 Å². The number of carbonyl (C=O) groups is 1. The van der Waals surface area contributed by atoms with Gasteiger partial charge in [0.2, 0.25) is 5.91 Å². The van der Waals surface area contributed by atoms with Crippen molar-refractivity contribution >= 4 is 44.9 Å². The van der Waals surface area contributed by atoms with Gasteiger partial charge in [-0.25, -0.2) is 4.98 Å². The molecule has 1 saturated heterocycles. The molecule has 1 aromatic heterocycles. The molecular weight excluding hydrogens is 460 g/mol. The first-order valence-corrected chi connectivity index (χ1v) is 12.7. The maximum Gasteiger partial charge on any atom is 0.283 e. The summed E-state index contributed by atoms with van der Waals surface area (Å²) in [6.45, 7) is 2.52. The molecule has 1 aliphatic carbocycles. The molecule has 0 radical (unpaired) electrons. The molecule has 3 atom stereocenters. The molecule has 3 aromatic rings. The van der Waals surface area contributed by atoms with E-state index in [9.17, 15) is 14.9 Å². The number of carbonyl (C=O) groups excluding carboxylic acids is 1. The van der Waals surface area contributed by atoms with Gasteiger partial charge in [0.15, 0.2) is 4.34 Å². The lowest BCUT2D eigenvalue weighted by Gasteiger charge is -2.40. The largest absolute Gasteiger partial charge is 0.494 e. The fraction of sp³-hybridized carbons (Fsp3) is 0.391. The number of nitrogens with one attached hydrogen (secondary N) is 2. The van der Waals surface area contributed by atoms with Crippen LogP contribution in [0.15, 0.2) is 45.6 Å². The number of rotatable bonds is 6. The van der Waals surface area contributed by atoms with E-state index in [4.69, 9.17) is 4.74 Å². The molecule has 5 rings (SSSR count). The Balaban J connectivity index is 1.39. The molecule has 0 unspecified atom stereocenters. The van der Waals surface area contributed by atoms with E-state index in [1.54, 1.807) is 12.1 Å². The monoisotopic (exact) mass is 484 g/mol. The number of hydrogen-bond acceptors (Lipinski definition) is 8. The van der Waals surface area contributed by atoms with Gasteiger partial charge in [-0.3, -0.25) is 20.2 Å². The third-order valence-corrected chi connectivity index (χ3v) is 8.28. The van der Waals surface area contributed by atoms with Gasteiger partial charge in [0, 0.05) is 12.1 Å². The van der Waals surface area contributed by atoms with Crippen LogP contribution in [0, 0.1) is 16.0 Å². The van der Waals surface area contributed by atoms with Gasteiger partial charge in [0.1, 0.15) is 11.9 Å². The molecule has 0 bridgehead atoms. The summed E-state index contributed by atoms with van der Waals surface area (Å²) >= 11 is 2.76. The van der Waals surface area contributed by atoms with Crippen LogP contribution in [0.2, 0.25) is 0 Å². The summed E-state index contributed by atoms with van der Waals surface area (Å²) in [6.07, 6.45) is 3.58. The molecule has 2 aliphatic rings. The standard InChI is InChI=1S/C23H24N4O4S2/c1-2-31-14-8-9-17-20(12-14)33-23(25-17)32-19-10-7-13(11-18(19)27(29)30)21-24-16-6-4-3-5-15(16)22(28)26-21/h7-12,15-16,21,24H,2-6H2,1H3,(H,26,28)/t15-,16-,21+/m1/s1. The lowest BCUT2D eigenvalue weighted by molar-refractivity contribution is -0.387. The lowest BCUT2D eigenvalue weighted by Crippen LogP contribution is -2.57. The molecule has 2 N–H and O–H groups in total. The number of nitro benzene ring substituents is 1. The summed E-state index contributed by atoms with van der Waals surface area (Å²) in [5.41, 5.74) is 1.53. The quantitative estimate of drug-likeness (QED) is 0.373. The van der Waals surface area contributed by atoms with Gasteiger partial charge in [0.25, 0.3) is 5.69 Å². The zero-order valence-corrected chi connectivity index (χ0v) is 19.7. The SMILES string of the molecule is CCOc1ccc2nc(Sc3ccc([C@@H]4NC(=O)[C@@H]5CCCC[C@H]5N4)cc3[N+](=O)[O-])sc2c1. The van der Waals surface area contributed by atoms with Crippen molar-refractivity contribution < 1.29 is 14.5 Å². The number of benzene rings is 2. The summed E-state index contributed by atoms with van der Waals surface area (Å²) in [5, 5.41) is 18.4. The molecule has 0 spiro atoms. The Hall–Kier alpha value is -2.69. The molecule has 2 fully saturated rings. The summed E-state index contributed by atoms with van der Waals surface area (Å²) < 4.78 is 7.25. The van der Waals surface area contributed by atoms with Crippen LogP contribution < -0.4 is 15.4 Å². The van der Waals surface area contributed by atoms with Crippen molar-refractivity contribution in [1.29, 1.82) is 0 Å². The summed E-state index contributed by atoms with van der Waals surface area (Å²) in [4.78, 5) is 29.2. The second kappa shape index (κ2) is 9.28. The average Bonchev–Trinajstić information content (AvgIpc) is 3.21. The molecule has 33 heavy (non-hydrogen) atoms. The van der Waals surface area contributed by atoms with Crippen molar-refractivity contribution in [2.24, 2.45) is 5.92 Å². The topological polar surface area (TPSA) is 106 Å². The average molecular weight is 485 g/mol. The second-order valence-electron chi connectivity index (χ2n) is 8.23. The zero-order valence-electron chi connectivity index (χ0n) is 18.1. The van der Waals surface area contributed by atoms with E-state index in [1.807, 2.05) is 31.2 Å². The van der Waals surface area contributed by atoms with Crippen LogP contribution in [0.25, 0.3) is 10.2 Å². The molecule has 2 heterocycles. The second-order valence-corrected chi connectivity index (χ2v) is 10.6. The third kappa shape index (κ3) is 4.55. The Morgan fingerprint density at radius 1 is 1.24 bits per heavy atom. The van der Waals surface area contributed by atoms with Crippen molar-refractivity contribution in [1.82, 2.24) is 15.6 Å². The minimum absolute atomic E-state index is 0.00794. The van der Waals surface area contributed by atoms with Crippen LogP contribution in [-0.4, -0.2) is 28.5 Å². The first kappa shape index (κ1) is 22.1. The minimum atomic E-state index is -0.422. The predicted octanol–water partition coefficient (Wildman–Crippen LogP) is 5.03. The van der Waals surface area contributed by atoms with Crippen LogP contribution in [0.3, 0.4) is 0 Å². The first-order valence-electron chi connectivity index (χ1n) is 11.1. The molecular formula is C23H24N4O4S2. The van der Waals surface area contributed by atoms with Crippen molar-refractivity contribution in [3.05, 3.63) is 52.1 Å². The molecule has 1 saturated carbocycles. The third-order valence-electron chi connectivity index (χ3n) is 6.13. The Kier molecular flexibility index (Phi) is 6.22. The molecule has 1 amide bonds. The van der Waals surface area contributed by atoms with Crippen molar-refractivity contribution in [2.45, 2.75) is 54.0 Å². The number of aromatic nitrogens is 1. The van der Waals surface area contributed by atoms with Crippen LogP contribution in [0.5, 0.6) is 5.75 Å². The highest BCUT2D eigenvalue weighted by Gasteiger charge is 2.38. The van der Waals surface area contributed by atoms with Crippen LogP contribution >= 0.6 is 23.1 Å². The molecule has 10 heteroatoms. The lowest BCUT2D eigenvalue weighted by atomic mass is 9.82. The van der Waals surface area contributed by atoms with E-state index < -0.39 is 6.17 Å². The predicted molar refractivity (Wildman–Crippen MR) is 128 cm³/mol. The normalized spacial score (nSPS) is 22.6. The molecule has 1 aliphatic heterocycles. The fourth-order valence-corrected chi connectivity index (χ4v) is 6.69. The Labute approximate surface area is 199 Å². The molecule has 172 valence electrons. The fourth-order valence-electron chi connectivity index (χ4n) is 4.55. The Morgan fingerprint density at radius 2 is 2.09 bits per heavy atom. The first-order chi connectivity index (χ1) is 16.0. The van der Waals surface area contributed by atoms with E-state index in [1.165, 1.54) is 23.1 Å². The van der Waals surface area contributed by atoms with Gasteiger partial charge in [-0.05, 0) is 49.6 Å². The summed E-state index contributed by atoms with van der Waals surface area (Å²) in [6, 6.07) is 11.0. The molecule has 8 nitrogen and oxygen atoms in total. The smallest absolute Gasteiger partial charge is 0.283 e. The Morgan fingerprint density at radius 3 is 2.91 bits per heavy atom. The molecule has 2 aromatic carbocycles. The summed E-state index contributed by atoms with van der Waals surface area (Å²) in [7, 11) is 0. The van der Waals surface area contributed by atoms with Crippen LogP contribution in [0.4, 0.5) is 5.69 Å². The number of amides is 1. The van der Waals surface area contributed by atoms with Crippen LogP contribution in [0.1, 0.15) is 44.3 Å². The highest BCUT2D eigenvalue weighted by molar-refractivity contribution is 8.01. The minimum Gasteiger partial charge on any atom is -0.494 e. The summed E-state index contributed by atoms with van der Waals surface area (Å²) in [5.74, 6) is 0.801. The number of nitrogens with zero attached hydrogens (tertiary/aromatic N) is 2. The maximum atomic E-state index is 12.6. The van der Waals surface area contributed by atoms with Gasteiger partial charge in [-0.15, -0.1) is 11.3 Å². The maximum absolute atomic E-state index is 12.6. The number of fused-ring (bicyclic) bond motifs is 2. The Bertz CT molecular complexity index is 1210. The van der Waals surface area contributed by atoms with Gasteiger partial charge in [-0.2, -0.15) is 0 Å². The number of ether oxygens (including phenoxy) is 1. The highest BCUT2D eigenvalue weighted by atomic mass is 32.2. The van der Waals surface area contributed by atoms with Crippen molar-refractivity contribution in [3.63, 3.8) is 0 Å². The number of hydrogen-bond donors (Lipinski definition) is 2. The van der Waals surface area contributed by atoms with Gasteiger partial charge in [-0.1, -0.05) is 30.7 Å². The van der Waals surface area contributed by atoms with Crippen molar-refractivity contribution in [3.8, 4) is 5.75 Å². The number of thiazole rings is 1. The highest BCUT2D eigenvalue weighted by Crippen LogP contribution is 2.40. The van der Waals surface area contributed by atoms with Crippen LogP contribution in [-0.2, 0) is 4.79 Å². The number of nitro groups is 1.